The Balaban J connectivity index is 1.38. The number of anilines is 1. The second-order valence-corrected chi connectivity index (χ2v) is 7.51. The lowest BCUT2D eigenvalue weighted by molar-refractivity contribution is -0.134. The van der Waals surface area contributed by atoms with E-state index in [-0.39, 0.29) is 36.5 Å². The van der Waals surface area contributed by atoms with Crippen LogP contribution in [0.4, 0.5) is 14.5 Å². The summed E-state index contributed by atoms with van der Waals surface area (Å²) in [4.78, 5) is 30.4. The molecule has 0 spiro atoms. The van der Waals surface area contributed by atoms with E-state index < -0.39 is 0 Å². The third kappa shape index (κ3) is 6.60. The molecule has 2 aromatic rings. The van der Waals surface area contributed by atoms with Crippen molar-refractivity contribution in [2.24, 2.45) is 0 Å². The molecule has 0 atom stereocenters. The van der Waals surface area contributed by atoms with Crippen molar-refractivity contribution >= 4 is 17.5 Å². The first-order chi connectivity index (χ1) is 14.4. The molecule has 1 aliphatic rings. The van der Waals surface area contributed by atoms with Crippen molar-refractivity contribution in [1.82, 2.24) is 14.7 Å². The zero-order chi connectivity index (χ0) is 21.5. The van der Waals surface area contributed by atoms with Gasteiger partial charge in [0.2, 0.25) is 11.8 Å². The first-order valence-electron chi connectivity index (χ1n) is 9.87. The molecule has 8 heteroatoms. The van der Waals surface area contributed by atoms with Crippen molar-refractivity contribution in [2.45, 2.75) is 6.54 Å². The summed E-state index contributed by atoms with van der Waals surface area (Å²) < 4.78 is 25.9. The summed E-state index contributed by atoms with van der Waals surface area (Å²) in [5.74, 6) is -0.755. The van der Waals surface area contributed by atoms with E-state index in [2.05, 4.69) is 5.32 Å². The SMILES string of the molecule is CN(CC(=O)N1CCN(CC(=O)Nc2ccc(F)cc2)CC1)Cc1ccc(F)cc1. The van der Waals surface area contributed by atoms with Crippen LogP contribution < -0.4 is 5.32 Å². The van der Waals surface area contributed by atoms with Gasteiger partial charge < -0.3 is 10.2 Å². The van der Waals surface area contributed by atoms with E-state index in [1.807, 2.05) is 16.8 Å². The van der Waals surface area contributed by atoms with Gasteiger partial charge >= 0.3 is 0 Å². The average molecular weight is 416 g/mol. The first-order valence-corrected chi connectivity index (χ1v) is 9.87. The topological polar surface area (TPSA) is 55.9 Å². The number of halogens is 2. The highest BCUT2D eigenvalue weighted by molar-refractivity contribution is 5.92. The van der Waals surface area contributed by atoms with Gasteiger partial charge in [-0.1, -0.05) is 12.1 Å². The standard InChI is InChI=1S/C22H26F2N4O2/c1-26(14-17-2-4-18(23)5-3-17)16-22(30)28-12-10-27(11-13-28)15-21(29)25-20-8-6-19(24)7-9-20/h2-9H,10-16H2,1H3,(H,25,29). The zero-order valence-corrected chi connectivity index (χ0v) is 17.0. The molecule has 160 valence electrons. The number of hydrogen-bond acceptors (Lipinski definition) is 4. The van der Waals surface area contributed by atoms with Crippen LogP contribution >= 0.6 is 0 Å². The fourth-order valence-electron chi connectivity index (χ4n) is 3.38. The molecule has 0 aromatic heterocycles. The Hall–Kier alpha value is -2.84. The maximum Gasteiger partial charge on any atom is 0.238 e. The smallest absolute Gasteiger partial charge is 0.238 e. The summed E-state index contributed by atoms with van der Waals surface area (Å²) in [7, 11) is 1.86. The van der Waals surface area contributed by atoms with Gasteiger partial charge in [0.25, 0.3) is 0 Å². The summed E-state index contributed by atoms with van der Waals surface area (Å²) in [6.07, 6.45) is 0. The van der Waals surface area contributed by atoms with E-state index in [4.69, 9.17) is 0 Å². The maximum absolute atomic E-state index is 13.0. The number of rotatable bonds is 7. The maximum atomic E-state index is 13.0. The van der Waals surface area contributed by atoms with Gasteiger partial charge in [0.1, 0.15) is 11.6 Å². The van der Waals surface area contributed by atoms with E-state index in [1.54, 1.807) is 17.0 Å². The van der Waals surface area contributed by atoms with E-state index >= 15 is 0 Å². The molecule has 1 fully saturated rings. The van der Waals surface area contributed by atoms with Crippen LogP contribution in [0.3, 0.4) is 0 Å². The molecule has 2 aromatic carbocycles. The second kappa shape index (κ2) is 10.3. The monoisotopic (exact) mass is 416 g/mol. The quantitative estimate of drug-likeness (QED) is 0.752. The van der Waals surface area contributed by atoms with Crippen LogP contribution in [0.15, 0.2) is 48.5 Å². The van der Waals surface area contributed by atoms with Crippen molar-refractivity contribution < 1.29 is 18.4 Å². The number of hydrogen-bond donors (Lipinski definition) is 1. The van der Waals surface area contributed by atoms with Gasteiger partial charge in [-0.3, -0.25) is 19.4 Å². The molecule has 0 saturated carbocycles. The summed E-state index contributed by atoms with van der Waals surface area (Å²) in [6, 6.07) is 11.9. The molecule has 1 N–H and O–H groups in total. The number of carbonyl (C=O) groups excluding carboxylic acids is 2. The molecule has 6 nitrogen and oxygen atoms in total. The van der Waals surface area contributed by atoms with E-state index in [0.717, 1.165) is 5.56 Å². The molecule has 0 aliphatic carbocycles. The van der Waals surface area contributed by atoms with Crippen molar-refractivity contribution in [1.29, 1.82) is 0 Å². The molecule has 1 heterocycles. The molecule has 0 bridgehead atoms. The predicted molar refractivity (Wildman–Crippen MR) is 111 cm³/mol. The van der Waals surface area contributed by atoms with Crippen molar-refractivity contribution in [2.75, 3.05) is 51.6 Å². The summed E-state index contributed by atoms with van der Waals surface area (Å²) in [5, 5.41) is 2.75. The molecular weight excluding hydrogens is 390 g/mol. The molecule has 0 radical (unpaired) electrons. The number of nitrogens with one attached hydrogen (secondary N) is 1. The summed E-state index contributed by atoms with van der Waals surface area (Å²) in [6.45, 7) is 3.43. The van der Waals surface area contributed by atoms with E-state index in [0.29, 0.717) is 38.4 Å². The Kier molecular flexibility index (Phi) is 7.48. The summed E-state index contributed by atoms with van der Waals surface area (Å²) in [5.41, 5.74) is 1.50. The van der Waals surface area contributed by atoms with E-state index in [9.17, 15) is 18.4 Å². The van der Waals surface area contributed by atoms with Gasteiger partial charge in [-0.25, -0.2) is 8.78 Å². The lowest BCUT2D eigenvalue weighted by Crippen LogP contribution is -2.52. The fourth-order valence-corrected chi connectivity index (χ4v) is 3.38. The number of carbonyl (C=O) groups is 2. The van der Waals surface area contributed by atoms with Gasteiger partial charge in [0.05, 0.1) is 13.1 Å². The van der Waals surface area contributed by atoms with Crippen LogP contribution in [0.2, 0.25) is 0 Å². The highest BCUT2D eigenvalue weighted by Gasteiger charge is 2.23. The van der Waals surface area contributed by atoms with Gasteiger partial charge in [-0.15, -0.1) is 0 Å². The van der Waals surface area contributed by atoms with Crippen LogP contribution in [0.5, 0.6) is 0 Å². The minimum Gasteiger partial charge on any atom is -0.339 e. The zero-order valence-electron chi connectivity index (χ0n) is 17.0. The number of nitrogens with zero attached hydrogens (tertiary/aromatic N) is 3. The minimum absolute atomic E-state index is 0.0371. The third-order valence-electron chi connectivity index (χ3n) is 4.99. The third-order valence-corrected chi connectivity index (χ3v) is 4.99. The van der Waals surface area contributed by atoms with E-state index in [1.165, 1.54) is 36.4 Å². The normalized spacial score (nSPS) is 14.7. The van der Waals surface area contributed by atoms with Gasteiger partial charge in [0.15, 0.2) is 0 Å². The van der Waals surface area contributed by atoms with Crippen LogP contribution in [0, 0.1) is 11.6 Å². The van der Waals surface area contributed by atoms with Crippen molar-refractivity contribution in [3.8, 4) is 0 Å². The van der Waals surface area contributed by atoms with Crippen LogP contribution in [-0.4, -0.2) is 72.8 Å². The molecule has 1 saturated heterocycles. The van der Waals surface area contributed by atoms with Gasteiger partial charge in [-0.05, 0) is 49.0 Å². The Labute approximate surface area is 175 Å². The second-order valence-electron chi connectivity index (χ2n) is 7.51. The molecule has 3 rings (SSSR count). The number of piperazine rings is 1. The minimum atomic E-state index is -0.350. The average Bonchev–Trinajstić information content (AvgIpc) is 2.72. The van der Waals surface area contributed by atoms with Crippen LogP contribution in [0.25, 0.3) is 0 Å². The number of amides is 2. The summed E-state index contributed by atoms with van der Waals surface area (Å²) >= 11 is 0. The van der Waals surface area contributed by atoms with Crippen molar-refractivity contribution in [3.63, 3.8) is 0 Å². The molecular formula is C22H26F2N4O2. The Morgan fingerprint density at radius 2 is 1.50 bits per heavy atom. The number of benzene rings is 2. The molecule has 1 aliphatic heterocycles. The van der Waals surface area contributed by atoms with Gasteiger partial charge in [-0.2, -0.15) is 0 Å². The van der Waals surface area contributed by atoms with Crippen LogP contribution in [0.1, 0.15) is 5.56 Å². The molecule has 0 unspecified atom stereocenters. The highest BCUT2D eigenvalue weighted by atomic mass is 19.1. The Morgan fingerprint density at radius 1 is 0.933 bits per heavy atom. The largest absolute Gasteiger partial charge is 0.339 e. The number of likely N-dealkylation sites (N-methyl/N-ethyl adjacent to an activating group) is 1. The molecule has 30 heavy (non-hydrogen) atoms. The van der Waals surface area contributed by atoms with Gasteiger partial charge in [0, 0.05) is 38.4 Å². The highest BCUT2D eigenvalue weighted by Crippen LogP contribution is 2.10. The fraction of sp³-hybridized carbons (Fsp3) is 0.364. The van der Waals surface area contributed by atoms with Crippen molar-refractivity contribution in [3.05, 3.63) is 65.7 Å². The Morgan fingerprint density at radius 3 is 2.10 bits per heavy atom. The lowest BCUT2D eigenvalue weighted by Gasteiger charge is -2.35. The molecule has 2 amide bonds. The predicted octanol–water partition coefficient (Wildman–Crippen LogP) is 2.18. The Bertz CT molecular complexity index is 850. The van der Waals surface area contributed by atoms with Crippen LogP contribution in [-0.2, 0) is 16.1 Å². The lowest BCUT2D eigenvalue weighted by atomic mass is 10.2. The first kappa shape index (κ1) is 21.9.